The molecule has 2 aromatic carbocycles. The molecule has 0 spiro atoms. The molecule has 0 saturated carbocycles. The Kier molecular flexibility index (Phi) is 3.58. The van der Waals surface area contributed by atoms with Crippen LogP contribution in [0, 0.1) is 0 Å². The first kappa shape index (κ1) is 13.6. The lowest BCUT2D eigenvalue weighted by atomic mass is 10.2. The van der Waals surface area contributed by atoms with Gasteiger partial charge in [0.2, 0.25) is 15.8 Å². The molecule has 4 nitrogen and oxygen atoms in total. The summed E-state index contributed by atoms with van der Waals surface area (Å²) in [5.74, 6) is -0.763. The Morgan fingerprint density at radius 3 is 2.43 bits per heavy atom. The van der Waals surface area contributed by atoms with Crippen molar-refractivity contribution < 1.29 is 13.9 Å². The summed E-state index contributed by atoms with van der Waals surface area (Å²) in [7, 11) is 0. The van der Waals surface area contributed by atoms with Crippen molar-refractivity contribution >= 4 is 32.9 Å². The molecular formula is C16H9BrO4. The summed E-state index contributed by atoms with van der Waals surface area (Å²) >= 11 is 3.13. The molecule has 3 rings (SSSR count). The summed E-state index contributed by atoms with van der Waals surface area (Å²) in [5.41, 5.74) is 0.388. The summed E-state index contributed by atoms with van der Waals surface area (Å²) in [6, 6.07) is 15.2. The number of hydrogen-bond acceptors (Lipinski definition) is 4. The van der Waals surface area contributed by atoms with Gasteiger partial charge < -0.3 is 9.15 Å². The Morgan fingerprint density at radius 2 is 1.67 bits per heavy atom. The first-order chi connectivity index (χ1) is 10.2. The molecule has 0 aliphatic carbocycles. The molecule has 0 N–H and O–H groups in total. The van der Waals surface area contributed by atoms with Gasteiger partial charge in [0.25, 0.3) is 0 Å². The van der Waals surface area contributed by atoms with Gasteiger partial charge >= 0.3 is 5.97 Å². The van der Waals surface area contributed by atoms with Crippen molar-refractivity contribution in [3.8, 4) is 5.75 Å². The molecule has 0 bridgehead atoms. The van der Waals surface area contributed by atoms with E-state index in [-0.39, 0.29) is 10.4 Å². The molecule has 0 fully saturated rings. The number of rotatable bonds is 2. The summed E-state index contributed by atoms with van der Waals surface area (Å²) in [5, 5.41) is 0.358. The van der Waals surface area contributed by atoms with E-state index < -0.39 is 11.4 Å². The van der Waals surface area contributed by atoms with Crippen LogP contribution in [0.25, 0.3) is 11.0 Å². The maximum atomic E-state index is 12.3. The predicted octanol–water partition coefficient (Wildman–Crippen LogP) is 3.77. The smallest absolute Gasteiger partial charge is 0.343 e. The molecule has 0 radical (unpaired) electrons. The summed E-state index contributed by atoms with van der Waals surface area (Å²) < 4.78 is 10.7. The van der Waals surface area contributed by atoms with Crippen LogP contribution in [-0.4, -0.2) is 5.97 Å². The normalized spacial score (nSPS) is 10.5. The molecule has 3 aromatic rings. The molecule has 5 heteroatoms. The van der Waals surface area contributed by atoms with Crippen molar-refractivity contribution in [3.63, 3.8) is 0 Å². The third kappa shape index (κ3) is 2.60. The molecule has 21 heavy (non-hydrogen) atoms. The minimum Gasteiger partial charge on any atom is -0.445 e. The van der Waals surface area contributed by atoms with E-state index in [1.54, 1.807) is 54.6 Å². The van der Waals surface area contributed by atoms with E-state index in [9.17, 15) is 9.59 Å². The number of carbonyl (C=O) groups is 1. The largest absolute Gasteiger partial charge is 0.445 e. The minimum atomic E-state index is -0.612. The summed E-state index contributed by atoms with van der Waals surface area (Å²) in [6.07, 6.45) is 0. The molecule has 0 aliphatic rings. The standard InChI is InChI=1S/C16H9BrO4/c17-15-14(21-16(19)10-6-2-1-3-7-10)13(18)11-8-4-5-9-12(11)20-15/h1-9H. The molecule has 104 valence electrons. The highest BCUT2D eigenvalue weighted by Crippen LogP contribution is 2.26. The first-order valence-electron chi connectivity index (χ1n) is 6.15. The van der Waals surface area contributed by atoms with Crippen LogP contribution in [0.2, 0.25) is 0 Å². The molecule has 0 unspecified atom stereocenters. The maximum Gasteiger partial charge on any atom is 0.343 e. The van der Waals surface area contributed by atoms with Gasteiger partial charge in [0.1, 0.15) is 5.58 Å². The van der Waals surface area contributed by atoms with Crippen LogP contribution in [0.15, 0.2) is 68.5 Å². The number of ether oxygens (including phenoxy) is 1. The van der Waals surface area contributed by atoms with Gasteiger partial charge in [-0.05, 0) is 40.2 Å². The third-order valence-corrected chi connectivity index (χ3v) is 3.44. The second kappa shape index (κ2) is 5.54. The van der Waals surface area contributed by atoms with Crippen LogP contribution in [0.5, 0.6) is 5.75 Å². The van der Waals surface area contributed by atoms with E-state index in [2.05, 4.69) is 15.9 Å². The van der Waals surface area contributed by atoms with E-state index in [4.69, 9.17) is 9.15 Å². The highest BCUT2D eigenvalue weighted by Gasteiger charge is 2.18. The Morgan fingerprint density at radius 1 is 1.00 bits per heavy atom. The van der Waals surface area contributed by atoms with Crippen LogP contribution >= 0.6 is 15.9 Å². The second-order valence-electron chi connectivity index (χ2n) is 4.29. The monoisotopic (exact) mass is 344 g/mol. The van der Waals surface area contributed by atoms with E-state index in [1.807, 2.05) is 0 Å². The zero-order valence-electron chi connectivity index (χ0n) is 10.7. The van der Waals surface area contributed by atoms with Crippen molar-refractivity contribution in [2.45, 2.75) is 0 Å². The van der Waals surface area contributed by atoms with Gasteiger partial charge in [0.15, 0.2) is 0 Å². The predicted molar refractivity (Wildman–Crippen MR) is 81.6 cm³/mol. The fourth-order valence-electron chi connectivity index (χ4n) is 1.91. The number of esters is 1. The summed E-state index contributed by atoms with van der Waals surface area (Å²) in [4.78, 5) is 24.4. The average Bonchev–Trinajstić information content (AvgIpc) is 2.52. The van der Waals surface area contributed by atoms with Crippen molar-refractivity contribution in [2.75, 3.05) is 0 Å². The number of hydrogen-bond donors (Lipinski definition) is 0. The van der Waals surface area contributed by atoms with E-state index in [0.717, 1.165) is 0 Å². The Bertz CT molecular complexity index is 868. The lowest BCUT2D eigenvalue weighted by molar-refractivity contribution is 0.0728. The van der Waals surface area contributed by atoms with Crippen LogP contribution in [0.1, 0.15) is 10.4 Å². The highest BCUT2D eigenvalue weighted by molar-refractivity contribution is 9.10. The average molecular weight is 345 g/mol. The number of benzene rings is 2. The van der Waals surface area contributed by atoms with Gasteiger partial charge in [-0.2, -0.15) is 0 Å². The topological polar surface area (TPSA) is 56.5 Å². The molecule has 0 aliphatic heterocycles. The van der Waals surface area contributed by atoms with Crippen LogP contribution in [-0.2, 0) is 0 Å². The van der Waals surface area contributed by atoms with Gasteiger partial charge in [-0.15, -0.1) is 0 Å². The fourth-order valence-corrected chi connectivity index (χ4v) is 2.35. The number of carbonyl (C=O) groups excluding carboxylic acids is 1. The Hall–Kier alpha value is -2.40. The molecular weight excluding hydrogens is 336 g/mol. The molecule has 0 saturated heterocycles. The van der Waals surface area contributed by atoms with Crippen molar-refractivity contribution in [1.82, 2.24) is 0 Å². The SMILES string of the molecule is O=C(Oc1c(Br)oc2ccccc2c1=O)c1ccccc1. The molecule has 0 amide bonds. The van der Waals surface area contributed by atoms with Crippen molar-refractivity contribution in [1.29, 1.82) is 0 Å². The Labute approximate surface area is 128 Å². The van der Waals surface area contributed by atoms with E-state index >= 15 is 0 Å². The van der Waals surface area contributed by atoms with Gasteiger partial charge in [-0.3, -0.25) is 4.79 Å². The summed E-state index contributed by atoms with van der Waals surface area (Å²) in [6.45, 7) is 0. The van der Waals surface area contributed by atoms with Gasteiger partial charge in [0, 0.05) is 0 Å². The van der Waals surface area contributed by atoms with Crippen LogP contribution in [0.3, 0.4) is 0 Å². The van der Waals surface area contributed by atoms with Gasteiger partial charge in [0.05, 0.1) is 10.9 Å². The fraction of sp³-hybridized carbons (Fsp3) is 0. The molecule has 1 heterocycles. The number of para-hydroxylation sites is 1. The van der Waals surface area contributed by atoms with Gasteiger partial charge in [-0.25, -0.2) is 4.79 Å². The lowest BCUT2D eigenvalue weighted by Gasteiger charge is -2.06. The second-order valence-corrected chi connectivity index (χ2v) is 5.01. The van der Waals surface area contributed by atoms with E-state index in [1.165, 1.54) is 0 Å². The van der Waals surface area contributed by atoms with Crippen molar-refractivity contribution in [3.05, 3.63) is 75.1 Å². The Balaban J connectivity index is 2.05. The first-order valence-corrected chi connectivity index (χ1v) is 6.94. The number of halogens is 1. The van der Waals surface area contributed by atoms with Crippen molar-refractivity contribution in [2.24, 2.45) is 0 Å². The van der Waals surface area contributed by atoms with E-state index in [0.29, 0.717) is 16.5 Å². The maximum absolute atomic E-state index is 12.3. The minimum absolute atomic E-state index is 0.0930. The lowest BCUT2D eigenvalue weighted by Crippen LogP contribution is -2.15. The highest BCUT2D eigenvalue weighted by atomic mass is 79.9. The number of fused-ring (bicyclic) bond motifs is 1. The molecule has 1 aromatic heterocycles. The van der Waals surface area contributed by atoms with Gasteiger partial charge in [-0.1, -0.05) is 30.3 Å². The quantitative estimate of drug-likeness (QED) is 0.664. The zero-order valence-corrected chi connectivity index (χ0v) is 12.3. The zero-order chi connectivity index (χ0) is 14.8. The van der Waals surface area contributed by atoms with Crippen LogP contribution in [0.4, 0.5) is 0 Å². The van der Waals surface area contributed by atoms with Crippen LogP contribution < -0.4 is 10.2 Å². The molecule has 0 atom stereocenters. The third-order valence-electron chi connectivity index (χ3n) is 2.92.